The van der Waals surface area contributed by atoms with E-state index in [-0.39, 0.29) is 24.2 Å². The van der Waals surface area contributed by atoms with E-state index >= 15 is 0 Å². The SMILES string of the molecule is O=c1c2cc3c(cc2nc(SCc2nc(-c4ccc(F)cc4)no2)n1C1CCCC1)OCO3. The zero-order valence-electron chi connectivity index (χ0n) is 17.5. The molecule has 2 aromatic carbocycles. The van der Waals surface area contributed by atoms with E-state index in [1.807, 2.05) is 0 Å². The van der Waals surface area contributed by atoms with Crippen LogP contribution in [0, 0.1) is 5.82 Å². The van der Waals surface area contributed by atoms with Crippen molar-refractivity contribution in [3.05, 3.63) is 58.5 Å². The Hall–Kier alpha value is -3.40. The van der Waals surface area contributed by atoms with Crippen LogP contribution in [0.4, 0.5) is 4.39 Å². The van der Waals surface area contributed by atoms with Gasteiger partial charge in [-0.15, -0.1) is 0 Å². The molecular weight excluding hydrogens is 447 g/mol. The first kappa shape index (κ1) is 20.2. The van der Waals surface area contributed by atoms with Gasteiger partial charge in [-0.3, -0.25) is 9.36 Å². The Kier molecular flexibility index (Phi) is 5.01. The molecule has 1 aliphatic carbocycles. The molecule has 10 heteroatoms. The topological polar surface area (TPSA) is 92.3 Å². The van der Waals surface area contributed by atoms with Gasteiger partial charge < -0.3 is 14.0 Å². The second-order valence-electron chi connectivity index (χ2n) is 8.04. The normalized spacial score (nSPS) is 15.5. The molecule has 1 fully saturated rings. The van der Waals surface area contributed by atoms with Crippen molar-refractivity contribution in [3.8, 4) is 22.9 Å². The highest BCUT2D eigenvalue weighted by Gasteiger charge is 2.25. The molecule has 1 saturated carbocycles. The second-order valence-corrected chi connectivity index (χ2v) is 8.98. The van der Waals surface area contributed by atoms with Gasteiger partial charge in [0.2, 0.25) is 18.5 Å². The van der Waals surface area contributed by atoms with E-state index in [1.54, 1.807) is 28.8 Å². The lowest BCUT2D eigenvalue weighted by atomic mass is 10.2. The molecule has 2 aromatic heterocycles. The molecule has 0 N–H and O–H groups in total. The lowest BCUT2D eigenvalue weighted by Crippen LogP contribution is -2.26. The maximum absolute atomic E-state index is 13.5. The fraction of sp³-hybridized carbons (Fsp3) is 0.304. The molecular formula is C23H19FN4O4S. The highest BCUT2D eigenvalue weighted by Crippen LogP contribution is 2.37. The molecule has 0 atom stereocenters. The largest absolute Gasteiger partial charge is 0.454 e. The van der Waals surface area contributed by atoms with Crippen LogP contribution in [0.1, 0.15) is 37.6 Å². The first-order valence-corrected chi connectivity index (χ1v) is 11.7. The monoisotopic (exact) mass is 466 g/mol. The molecule has 168 valence electrons. The van der Waals surface area contributed by atoms with E-state index in [0.29, 0.717) is 50.6 Å². The standard InChI is InChI=1S/C23H19FN4O4S/c24-14-7-5-13(6-8-14)21-26-20(32-27-21)11-33-23-25-17-10-19-18(30-12-31-19)9-16(17)22(29)28(23)15-3-1-2-4-15/h5-10,15H,1-4,11-12H2. The van der Waals surface area contributed by atoms with Gasteiger partial charge in [0.25, 0.3) is 5.56 Å². The fourth-order valence-electron chi connectivity index (χ4n) is 4.31. The maximum Gasteiger partial charge on any atom is 0.262 e. The molecule has 0 spiro atoms. The molecule has 1 aliphatic heterocycles. The highest BCUT2D eigenvalue weighted by atomic mass is 32.2. The summed E-state index contributed by atoms with van der Waals surface area (Å²) in [6.45, 7) is 0.137. The highest BCUT2D eigenvalue weighted by molar-refractivity contribution is 7.98. The third-order valence-corrected chi connectivity index (χ3v) is 6.88. The molecule has 0 unspecified atom stereocenters. The van der Waals surface area contributed by atoms with Crippen LogP contribution in [0.2, 0.25) is 0 Å². The zero-order chi connectivity index (χ0) is 22.4. The molecule has 0 radical (unpaired) electrons. The van der Waals surface area contributed by atoms with Gasteiger partial charge in [0.1, 0.15) is 5.82 Å². The van der Waals surface area contributed by atoms with Crippen LogP contribution in [0.5, 0.6) is 11.5 Å². The van der Waals surface area contributed by atoms with E-state index in [1.165, 1.54) is 23.9 Å². The van der Waals surface area contributed by atoms with Crippen LogP contribution in [0.15, 0.2) is 50.9 Å². The van der Waals surface area contributed by atoms with Crippen molar-refractivity contribution in [1.82, 2.24) is 19.7 Å². The first-order chi connectivity index (χ1) is 16.2. The van der Waals surface area contributed by atoms with Crippen LogP contribution in [-0.4, -0.2) is 26.5 Å². The summed E-state index contributed by atoms with van der Waals surface area (Å²) in [6, 6.07) is 9.49. The predicted octanol–water partition coefficient (Wildman–Crippen LogP) is 4.72. The van der Waals surface area contributed by atoms with Gasteiger partial charge in [0, 0.05) is 17.7 Å². The molecule has 3 heterocycles. The molecule has 8 nitrogen and oxygen atoms in total. The van der Waals surface area contributed by atoms with Crippen LogP contribution in [0.3, 0.4) is 0 Å². The first-order valence-electron chi connectivity index (χ1n) is 10.7. The molecule has 0 amide bonds. The summed E-state index contributed by atoms with van der Waals surface area (Å²) < 4.78 is 31.3. The summed E-state index contributed by atoms with van der Waals surface area (Å²) in [6.07, 6.45) is 4.07. The lowest BCUT2D eigenvalue weighted by molar-refractivity contribution is 0.174. The minimum atomic E-state index is -0.326. The van der Waals surface area contributed by atoms with Gasteiger partial charge >= 0.3 is 0 Å². The number of thioether (sulfide) groups is 1. The molecule has 0 bridgehead atoms. The van der Waals surface area contributed by atoms with Gasteiger partial charge in [-0.2, -0.15) is 4.98 Å². The minimum Gasteiger partial charge on any atom is -0.454 e. The Morgan fingerprint density at radius 3 is 2.61 bits per heavy atom. The summed E-state index contributed by atoms with van der Waals surface area (Å²) in [5.74, 6) is 1.97. The molecule has 0 saturated heterocycles. The summed E-state index contributed by atoms with van der Waals surface area (Å²) in [4.78, 5) is 22.7. The van der Waals surface area contributed by atoms with Gasteiger partial charge in [-0.05, 0) is 43.2 Å². The predicted molar refractivity (Wildman–Crippen MR) is 119 cm³/mol. The zero-order valence-corrected chi connectivity index (χ0v) is 18.3. The maximum atomic E-state index is 13.5. The van der Waals surface area contributed by atoms with Crippen molar-refractivity contribution in [2.75, 3.05) is 6.79 Å². The Morgan fingerprint density at radius 2 is 1.82 bits per heavy atom. The van der Waals surface area contributed by atoms with Gasteiger partial charge in [0.05, 0.1) is 16.7 Å². The molecule has 4 aromatic rings. The number of nitrogens with zero attached hydrogens (tertiary/aromatic N) is 4. The number of ether oxygens (including phenoxy) is 2. The van der Waals surface area contributed by atoms with E-state index in [2.05, 4.69) is 10.1 Å². The molecule has 6 rings (SSSR count). The van der Waals surface area contributed by atoms with Crippen LogP contribution < -0.4 is 15.0 Å². The Labute approximate surface area is 191 Å². The summed E-state index contributed by atoms with van der Waals surface area (Å²) in [5, 5.41) is 5.13. The smallest absolute Gasteiger partial charge is 0.262 e. The number of aromatic nitrogens is 4. The second kappa shape index (κ2) is 8.18. The number of halogens is 1. The number of fused-ring (bicyclic) bond motifs is 2. The number of benzene rings is 2. The molecule has 2 aliphatic rings. The van der Waals surface area contributed by atoms with Crippen molar-refractivity contribution in [2.45, 2.75) is 42.6 Å². The Balaban J connectivity index is 1.34. The van der Waals surface area contributed by atoms with Crippen molar-refractivity contribution in [3.63, 3.8) is 0 Å². The third kappa shape index (κ3) is 3.74. The average Bonchev–Trinajstić information content (AvgIpc) is 3.59. The fourth-order valence-corrected chi connectivity index (χ4v) is 5.21. The molecule has 33 heavy (non-hydrogen) atoms. The van der Waals surface area contributed by atoms with Crippen molar-refractivity contribution < 1.29 is 18.4 Å². The number of rotatable bonds is 5. The van der Waals surface area contributed by atoms with Crippen LogP contribution in [-0.2, 0) is 5.75 Å². The van der Waals surface area contributed by atoms with Gasteiger partial charge in [-0.25, -0.2) is 9.37 Å². The Bertz CT molecular complexity index is 1400. The van der Waals surface area contributed by atoms with Gasteiger partial charge in [0.15, 0.2) is 16.7 Å². The van der Waals surface area contributed by atoms with Crippen molar-refractivity contribution in [2.24, 2.45) is 0 Å². The summed E-state index contributed by atoms with van der Waals surface area (Å²) in [7, 11) is 0. The minimum absolute atomic E-state index is 0.0785. The quantitative estimate of drug-likeness (QED) is 0.308. The Morgan fingerprint density at radius 1 is 1.06 bits per heavy atom. The van der Waals surface area contributed by atoms with Crippen LogP contribution in [0.25, 0.3) is 22.3 Å². The van der Waals surface area contributed by atoms with Gasteiger partial charge in [-0.1, -0.05) is 29.8 Å². The summed E-state index contributed by atoms with van der Waals surface area (Å²) in [5.41, 5.74) is 1.16. The van der Waals surface area contributed by atoms with Crippen molar-refractivity contribution in [1.29, 1.82) is 0 Å². The van der Waals surface area contributed by atoms with E-state index in [9.17, 15) is 9.18 Å². The van der Waals surface area contributed by atoms with Crippen LogP contribution >= 0.6 is 11.8 Å². The number of hydrogen-bond donors (Lipinski definition) is 0. The van der Waals surface area contributed by atoms with E-state index in [0.717, 1.165) is 25.7 Å². The van der Waals surface area contributed by atoms with E-state index < -0.39 is 0 Å². The third-order valence-electron chi connectivity index (χ3n) is 5.95. The average molecular weight is 466 g/mol. The van der Waals surface area contributed by atoms with Crippen molar-refractivity contribution >= 4 is 22.7 Å². The number of hydrogen-bond acceptors (Lipinski definition) is 8. The summed E-state index contributed by atoms with van der Waals surface area (Å²) >= 11 is 1.38. The lowest BCUT2D eigenvalue weighted by Gasteiger charge is -2.18. The van der Waals surface area contributed by atoms with E-state index in [4.69, 9.17) is 19.0 Å².